The molecule has 1 aliphatic carbocycles. The van der Waals surface area contributed by atoms with Crippen LogP contribution in [-0.4, -0.2) is 23.7 Å². The molecule has 0 aliphatic heterocycles. The van der Waals surface area contributed by atoms with Crippen molar-refractivity contribution in [3.63, 3.8) is 0 Å². The fourth-order valence-corrected chi connectivity index (χ4v) is 3.32. The van der Waals surface area contributed by atoms with E-state index in [4.69, 9.17) is 4.74 Å². The highest BCUT2D eigenvalue weighted by atomic mass is 79.9. The molecule has 2 rings (SSSR count). The maximum Gasteiger partial charge on any atom is 0.313 e. The van der Waals surface area contributed by atoms with Gasteiger partial charge in [-0.2, -0.15) is 0 Å². The van der Waals surface area contributed by atoms with Crippen LogP contribution in [-0.2, 0) is 19.7 Å². The van der Waals surface area contributed by atoms with Gasteiger partial charge in [-0.25, -0.2) is 0 Å². The van der Waals surface area contributed by atoms with Gasteiger partial charge in [-0.15, -0.1) is 0 Å². The summed E-state index contributed by atoms with van der Waals surface area (Å²) in [4.78, 5) is 22.8. The predicted molar refractivity (Wildman–Crippen MR) is 91.3 cm³/mol. The van der Waals surface area contributed by atoms with Crippen molar-refractivity contribution < 1.29 is 19.4 Å². The van der Waals surface area contributed by atoms with Crippen molar-refractivity contribution in [3.8, 4) is 0 Å². The molecule has 0 heterocycles. The lowest BCUT2D eigenvalue weighted by atomic mass is 9.77. The van der Waals surface area contributed by atoms with Gasteiger partial charge in [0.2, 0.25) is 0 Å². The number of carbonyl (C=O) groups is 2. The van der Waals surface area contributed by atoms with Gasteiger partial charge in [-0.3, -0.25) is 9.59 Å². The number of hydrogen-bond donors (Lipinski definition) is 1. The van der Waals surface area contributed by atoms with Crippen LogP contribution in [0.5, 0.6) is 0 Å². The fourth-order valence-electron chi connectivity index (χ4n) is 2.92. The second kappa shape index (κ2) is 7.04. The van der Waals surface area contributed by atoms with E-state index in [2.05, 4.69) is 15.9 Å². The van der Waals surface area contributed by atoms with Crippen molar-refractivity contribution in [2.75, 3.05) is 6.61 Å². The third kappa shape index (κ3) is 4.56. The van der Waals surface area contributed by atoms with E-state index >= 15 is 0 Å². The molecule has 1 atom stereocenters. The Labute approximate surface area is 145 Å². The lowest BCUT2D eigenvalue weighted by molar-refractivity contribution is -0.143. The maximum absolute atomic E-state index is 11.8. The van der Waals surface area contributed by atoms with E-state index in [0.717, 1.165) is 35.7 Å². The molecule has 23 heavy (non-hydrogen) atoms. The van der Waals surface area contributed by atoms with Crippen LogP contribution in [0.25, 0.3) is 0 Å². The molecule has 1 aliphatic rings. The smallest absolute Gasteiger partial charge is 0.313 e. The molecular formula is C18H23BrO4. The second-order valence-electron chi connectivity index (χ2n) is 6.78. The molecule has 1 saturated carbocycles. The van der Waals surface area contributed by atoms with Gasteiger partial charge in [0.1, 0.15) is 0 Å². The Morgan fingerprint density at radius 2 is 2.09 bits per heavy atom. The van der Waals surface area contributed by atoms with E-state index in [9.17, 15) is 14.7 Å². The standard InChI is InChI=1S/C18H23BrO4/c1-13(20)23-12-18(9-10-18)8-4-7-17(2,16(21)22)14-5-3-6-15(19)11-14/h3,5-6,11H,4,7-10,12H2,1-2H3,(H,21,22). The van der Waals surface area contributed by atoms with Gasteiger partial charge in [-0.05, 0) is 50.3 Å². The number of rotatable bonds is 8. The quantitative estimate of drug-likeness (QED) is 0.680. The molecule has 126 valence electrons. The summed E-state index contributed by atoms with van der Waals surface area (Å²) in [6, 6.07) is 7.50. The van der Waals surface area contributed by atoms with E-state index in [-0.39, 0.29) is 11.4 Å². The molecule has 1 unspecified atom stereocenters. The molecule has 0 spiro atoms. The fraction of sp³-hybridized carbons (Fsp3) is 0.556. The highest BCUT2D eigenvalue weighted by molar-refractivity contribution is 9.10. The minimum atomic E-state index is -0.901. The van der Waals surface area contributed by atoms with E-state index in [0.29, 0.717) is 13.0 Å². The molecule has 0 aromatic heterocycles. The minimum Gasteiger partial charge on any atom is -0.481 e. The monoisotopic (exact) mass is 382 g/mol. The number of aliphatic carboxylic acids is 1. The first-order chi connectivity index (χ1) is 10.8. The van der Waals surface area contributed by atoms with Crippen LogP contribution in [0, 0.1) is 5.41 Å². The largest absolute Gasteiger partial charge is 0.481 e. The number of hydrogen-bond acceptors (Lipinski definition) is 3. The summed E-state index contributed by atoms with van der Waals surface area (Å²) in [7, 11) is 0. The number of carboxylic acids is 1. The number of benzene rings is 1. The number of ether oxygens (including phenoxy) is 1. The van der Waals surface area contributed by atoms with Crippen molar-refractivity contribution in [1.82, 2.24) is 0 Å². The Kier molecular flexibility index (Phi) is 5.50. The molecule has 5 heteroatoms. The van der Waals surface area contributed by atoms with Crippen LogP contribution in [0.3, 0.4) is 0 Å². The van der Waals surface area contributed by atoms with Crippen LogP contribution in [0.4, 0.5) is 0 Å². The van der Waals surface area contributed by atoms with Gasteiger partial charge >= 0.3 is 11.9 Å². The Balaban J connectivity index is 1.98. The van der Waals surface area contributed by atoms with Crippen LogP contribution < -0.4 is 0 Å². The first-order valence-corrected chi connectivity index (χ1v) is 8.70. The molecule has 1 aromatic carbocycles. The summed E-state index contributed by atoms with van der Waals surface area (Å²) in [6.45, 7) is 3.66. The average Bonchev–Trinajstić information content (AvgIpc) is 3.25. The van der Waals surface area contributed by atoms with Gasteiger partial charge < -0.3 is 9.84 Å². The zero-order valence-electron chi connectivity index (χ0n) is 13.6. The summed E-state index contributed by atoms with van der Waals surface area (Å²) in [6.07, 6.45) is 4.39. The molecule has 0 radical (unpaired) electrons. The Hall–Kier alpha value is -1.36. The number of halogens is 1. The molecule has 1 N–H and O–H groups in total. The Morgan fingerprint density at radius 3 is 2.61 bits per heavy atom. The van der Waals surface area contributed by atoms with Crippen molar-refractivity contribution in [2.24, 2.45) is 5.41 Å². The Morgan fingerprint density at radius 1 is 1.39 bits per heavy atom. The van der Waals surface area contributed by atoms with Crippen molar-refractivity contribution in [2.45, 2.75) is 51.4 Å². The van der Waals surface area contributed by atoms with Crippen LogP contribution in [0.2, 0.25) is 0 Å². The highest BCUT2D eigenvalue weighted by Crippen LogP contribution is 2.50. The van der Waals surface area contributed by atoms with E-state index in [1.165, 1.54) is 6.92 Å². The first-order valence-electron chi connectivity index (χ1n) is 7.90. The number of carbonyl (C=O) groups excluding carboxylic acids is 1. The summed E-state index contributed by atoms with van der Waals surface area (Å²) in [5.74, 6) is -1.05. The van der Waals surface area contributed by atoms with Crippen molar-refractivity contribution >= 4 is 27.9 Å². The van der Waals surface area contributed by atoms with E-state index in [1.807, 2.05) is 24.3 Å². The maximum atomic E-state index is 11.8. The molecule has 1 fully saturated rings. The van der Waals surface area contributed by atoms with E-state index < -0.39 is 11.4 Å². The lowest BCUT2D eigenvalue weighted by Crippen LogP contribution is -2.32. The lowest BCUT2D eigenvalue weighted by Gasteiger charge is -2.26. The predicted octanol–water partition coefficient (Wildman–Crippen LogP) is 4.31. The molecule has 0 bridgehead atoms. The van der Waals surface area contributed by atoms with E-state index in [1.54, 1.807) is 6.92 Å². The zero-order chi connectivity index (χ0) is 17.1. The third-order valence-electron chi connectivity index (χ3n) is 4.86. The normalized spacial score (nSPS) is 18.0. The molecule has 0 saturated heterocycles. The van der Waals surface area contributed by atoms with Crippen molar-refractivity contribution in [3.05, 3.63) is 34.3 Å². The second-order valence-corrected chi connectivity index (χ2v) is 7.70. The molecule has 4 nitrogen and oxygen atoms in total. The molecule has 1 aromatic rings. The number of carboxylic acid groups (broad SMARTS) is 1. The summed E-state index contributed by atoms with van der Waals surface area (Å²) < 4.78 is 6.02. The SMILES string of the molecule is CC(=O)OCC1(CCCC(C)(C(=O)O)c2cccc(Br)c2)CC1. The molecule has 0 amide bonds. The van der Waals surface area contributed by atoms with Gasteiger partial charge in [0.15, 0.2) is 0 Å². The first kappa shape index (κ1) is 18.0. The van der Waals surface area contributed by atoms with Gasteiger partial charge in [0, 0.05) is 16.8 Å². The van der Waals surface area contributed by atoms with Gasteiger partial charge in [-0.1, -0.05) is 34.5 Å². The number of esters is 1. The highest BCUT2D eigenvalue weighted by Gasteiger charge is 2.44. The van der Waals surface area contributed by atoms with Crippen molar-refractivity contribution in [1.29, 1.82) is 0 Å². The van der Waals surface area contributed by atoms with Crippen LogP contribution in [0.1, 0.15) is 51.5 Å². The summed E-state index contributed by atoms with van der Waals surface area (Å²) in [5.41, 5.74) is -0.00637. The minimum absolute atomic E-state index is 0.0857. The summed E-state index contributed by atoms with van der Waals surface area (Å²) >= 11 is 3.41. The molecular weight excluding hydrogens is 360 g/mol. The van der Waals surface area contributed by atoms with Gasteiger partial charge in [0.25, 0.3) is 0 Å². The van der Waals surface area contributed by atoms with Crippen LogP contribution in [0.15, 0.2) is 28.7 Å². The Bertz CT molecular complexity index is 594. The topological polar surface area (TPSA) is 63.6 Å². The van der Waals surface area contributed by atoms with Gasteiger partial charge in [0.05, 0.1) is 12.0 Å². The average molecular weight is 383 g/mol. The summed E-state index contributed by atoms with van der Waals surface area (Å²) in [5, 5.41) is 9.71. The van der Waals surface area contributed by atoms with Crippen LogP contribution >= 0.6 is 15.9 Å². The zero-order valence-corrected chi connectivity index (χ0v) is 15.2. The third-order valence-corrected chi connectivity index (χ3v) is 5.35.